The molecule has 110 valence electrons. The van der Waals surface area contributed by atoms with Crippen LogP contribution in [0.5, 0.6) is 5.75 Å². The Balaban J connectivity index is 2.18. The second-order valence-corrected chi connectivity index (χ2v) is 5.39. The van der Waals surface area contributed by atoms with Gasteiger partial charge in [0.1, 0.15) is 5.75 Å². The summed E-state index contributed by atoms with van der Waals surface area (Å²) in [6.07, 6.45) is 2.29. The van der Waals surface area contributed by atoms with Crippen molar-refractivity contribution < 1.29 is 9.53 Å². The standard InChI is InChI=1S/C15H23N3O2/c1-17-8-6-11(7-9-17)18(2)12-4-5-13(15(16)19)14(10-12)20-3/h4-5,10-11H,6-9H2,1-3H3,(H2,16,19). The number of amides is 1. The van der Waals surface area contributed by atoms with Gasteiger partial charge in [0, 0.05) is 24.8 Å². The fourth-order valence-electron chi connectivity index (χ4n) is 2.70. The molecule has 2 rings (SSSR count). The molecule has 2 N–H and O–H groups in total. The summed E-state index contributed by atoms with van der Waals surface area (Å²) < 4.78 is 5.27. The van der Waals surface area contributed by atoms with E-state index in [1.54, 1.807) is 13.2 Å². The van der Waals surface area contributed by atoms with Gasteiger partial charge in [0.05, 0.1) is 12.7 Å². The topological polar surface area (TPSA) is 58.8 Å². The van der Waals surface area contributed by atoms with Crippen molar-refractivity contribution in [2.45, 2.75) is 18.9 Å². The summed E-state index contributed by atoms with van der Waals surface area (Å²) in [5.74, 6) is 0.0742. The number of likely N-dealkylation sites (tertiary alicyclic amines) is 1. The van der Waals surface area contributed by atoms with Crippen molar-refractivity contribution >= 4 is 11.6 Å². The van der Waals surface area contributed by atoms with Gasteiger partial charge in [-0.2, -0.15) is 0 Å². The second-order valence-electron chi connectivity index (χ2n) is 5.39. The Morgan fingerprint density at radius 3 is 2.60 bits per heavy atom. The summed E-state index contributed by atoms with van der Waals surface area (Å²) in [6, 6.07) is 6.08. The molecule has 0 saturated carbocycles. The first-order chi connectivity index (χ1) is 9.52. The first-order valence-corrected chi connectivity index (χ1v) is 6.92. The summed E-state index contributed by atoms with van der Waals surface area (Å²) in [6.45, 7) is 2.23. The molecule has 1 aromatic carbocycles. The van der Waals surface area contributed by atoms with Crippen molar-refractivity contribution in [1.29, 1.82) is 0 Å². The van der Waals surface area contributed by atoms with Gasteiger partial charge in [0.15, 0.2) is 0 Å². The van der Waals surface area contributed by atoms with Crippen LogP contribution in [0, 0.1) is 0 Å². The number of anilines is 1. The minimum atomic E-state index is -0.463. The monoisotopic (exact) mass is 277 g/mol. The largest absolute Gasteiger partial charge is 0.496 e. The first-order valence-electron chi connectivity index (χ1n) is 6.92. The normalized spacial score (nSPS) is 16.9. The van der Waals surface area contributed by atoms with Crippen LogP contribution in [0.2, 0.25) is 0 Å². The first kappa shape index (κ1) is 14.7. The van der Waals surface area contributed by atoms with Gasteiger partial charge in [-0.05, 0) is 45.1 Å². The smallest absolute Gasteiger partial charge is 0.252 e. The van der Waals surface area contributed by atoms with E-state index in [9.17, 15) is 4.79 Å². The molecule has 0 spiro atoms. The van der Waals surface area contributed by atoms with Crippen molar-refractivity contribution in [2.24, 2.45) is 5.73 Å². The van der Waals surface area contributed by atoms with Crippen LogP contribution >= 0.6 is 0 Å². The maximum atomic E-state index is 11.3. The number of carbonyl (C=O) groups is 1. The zero-order valence-electron chi connectivity index (χ0n) is 12.4. The van der Waals surface area contributed by atoms with Crippen LogP contribution in [-0.2, 0) is 0 Å². The molecule has 1 amide bonds. The van der Waals surface area contributed by atoms with Gasteiger partial charge in [-0.25, -0.2) is 0 Å². The van der Waals surface area contributed by atoms with E-state index in [-0.39, 0.29) is 0 Å². The van der Waals surface area contributed by atoms with Crippen molar-refractivity contribution in [1.82, 2.24) is 4.90 Å². The molecule has 0 aliphatic carbocycles. The number of rotatable bonds is 4. The van der Waals surface area contributed by atoms with Crippen LogP contribution in [0.1, 0.15) is 23.2 Å². The van der Waals surface area contributed by atoms with E-state index >= 15 is 0 Å². The number of ether oxygens (including phenoxy) is 1. The van der Waals surface area contributed by atoms with Crippen molar-refractivity contribution in [3.8, 4) is 5.75 Å². The predicted octanol–water partition coefficient (Wildman–Crippen LogP) is 1.32. The molecule has 5 heteroatoms. The quantitative estimate of drug-likeness (QED) is 0.902. The molecule has 5 nitrogen and oxygen atoms in total. The molecule has 0 bridgehead atoms. The Morgan fingerprint density at radius 1 is 1.40 bits per heavy atom. The van der Waals surface area contributed by atoms with Gasteiger partial charge in [-0.1, -0.05) is 0 Å². The molecule has 1 aliphatic heterocycles. The third kappa shape index (κ3) is 3.04. The Kier molecular flexibility index (Phi) is 4.49. The van der Waals surface area contributed by atoms with Crippen LogP contribution < -0.4 is 15.4 Å². The molecule has 1 aromatic rings. The summed E-state index contributed by atoms with van der Waals surface area (Å²) in [4.78, 5) is 15.9. The fraction of sp³-hybridized carbons (Fsp3) is 0.533. The van der Waals surface area contributed by atoms with Crippen LogP contribution in [0.3, 0.4) is 0 Å². The lowest BCUT2D eigenvalue weighted by atomic mass is 10.0. The van der Waals surface area contributed by atoms with Crippen molar-refractivity contribution in [3.63, 3.8) is 0 Å². The Morgan fingerprint density at radius 2 is 2.05 bits per heavy atom. The van der Waals surface area contributed by atoms with Crippen LogP contribution in [-0.4, -0.2) is 51.1 Å². The number of methoxy groups -OCH3 is 1. The van der Waals surface area contributed by atoms with Crippen molar-refractivity contribution in [2.75, 3.05) is 39.2 Å². The number of hydrogen-bond donors (Lipinski definition) is 1. The molecular weight excluding hydrogens is 254 g/mol. The zero-order chi connectivity index (χ0) is 14.7. The number of primary amides is 1. The average Bonchev–Trinajstić information content (AvgIpc) is 2.46. The molecular formula is C15H23N3O2. The Bertz CT molecular complexity index is 482. The lowest BCUT2D eigenvalue weighted by molar-refractivity contribution is 0.0997. The van der Waals surface area contributed by atoms with Gasteiger partial charge >= 0.3 is 0 Å². The van der Waals surface area contributed by atoms with Crippen molar-refractivity contribution in [3.05, 3.63) is 23.8 Å². The van der Waals surface area contributed by atoms with Gasteiger partial charge in [0.2, 0.25) is 0 Å². The number of nitrogens with two attached hydrogens (primary N) is 1. The van der Waals surface area contributed by atoms with E-state index in [0.29, 0.717) is 17.4 Å². The second kappa shape index (κ2) is 6.13. The van der Waals surface area contributed by atoms with E-state index in [1.807, 2.05) is 12.1 Å². The van der Waals surface area contributed by atoms with Crippen LogP contribution in [0.15, 0.2) is 18.2 Å². The molecule has 1 saturated heterocycles. The molecule has 1 aliphatic rings. The summed E-state index contributed by atoms with van der Waals surface area (Å²) in [5, 5.41) is 0. The van der Waals surface area contributed by atoms with E-state index in [0.717, 1.165) is 31.6 Å². The Labute approximate surface area is 120 Å². The molecule has 1 heterocycles. The lowest BCUT2D eigenvalue weighted by Crippen LogP contribution is -2.42. The molecule has 0 radical (unpaired) electrons. The molecule has 0 atom stereocenters. The van der Waals surface area contributed by atoms with Gasteiger partial charge in [0.25, 0.3) is 5.91 Å². The number of hydrogen-bond acceptors (Lipinski definition) is 4. The predicted molar refractivity (Wildman–Crippen MR) is 80.4 cm³/mol. The number of piperidine rings is 1. The molecule has 0 unspecified atom stereocenters. The molecule has 1 fully saturated rings. The Hall–Kier alpha value is -1.75. The van der Waals surface area contributed by atoms with E-state index in [1.165, 1.54) is 0 Å². The highest BCUT2D eigenvalue weighted by Crippen LogP contribution is 2.28. The third-order valence-corrected chi connectivity index (χ3v) is 4.09. The molecule has 0 aromatic heterocycles. The number of nitrogens with zero attached hydrogens (tertiary/aromatic N) is 2. The van der Waals surface area contributed by atoms with E-state index < -0.39 is 5.91 Å². The number of benzene rings is 1. The van der Waals surface area contributed by atoms with Crippen LogP contribution in [0.25, 0.3) is 0 Å². The minimum absolute atomic E-state index is 0.424. The highest BCUT2D eigenvalue weighted by atomic mass is 16.5. The minimum Gasteiger partial charge on any atom is -0.496 e. The van der Waals surface area contributed by atoms with E-state index in [4.69, 9.17) is 10.5 Å². The maximum Gasteiger partial charge on any atom is 0.252 e. The van der Waals surface area contributed by atoms with Gasteiger partial charge < -0.3 is 20.3 Å². The third-order valence-electron chi connectivity index (χ3n) is 4.09. The zero-order valence-corrected chi connectivity index (χ0v) is 12.4. The fourth-order valence-corrected chi connectivity index (χ4v) is 2.70. The van der Waals surface area contributed by atoms with Gasteiger partial charge in [-0.15, -0.1) is 0 Å². The SMILES string of the molecule is COc1cc(N(C)C2CCN(C)CC2)ccc1C(N)=O. The summed E-state index contributed by atoms with van der Waals surface area (Å²) in [5.41, 5.74) is 6.82. The molecule has 20 heavy (non-hydrogen) atoms. The lowest BCUT2D eigenvalue weighted by Gasteiger charge is -2.36. The highest BCUT2D eigenvalue weighted by Gasteiger charge is 2.21. The summed E-state index contributed by atoms with van der Waals surface area (Å²) in [7, 11) is 5.80. The average molecular weight is 277 g/mol. The van der Waals surface area contributed by atoms with Crippen LogP contribution in [0.4, 0.5) is 5.69 Å². The highest BCUT2D eigenvalue weighted by molar-refractivity contribution is 5.96. The van der Waals surface area contributed by atoms with Gasteiger partial charge in [-0.3, -0.25) is 4.79 Å². The summed E-state index contributed by atoms with van der Waals surface area (Å²) >= 11 is 0. The number of carbonyl (C=O) groups excluding carboxylic acids is 1. The van der Waals surface area contributed by atoms with E-state index in [2.05, 4.69) is 23.9 Å². The maximum absolute atomic E-state index is 11.3.